The molecular weight excluding hydrogens is 536 g/mol. The highest BCUT2D eigenvalue weighted by Gasteiger charge is 2.31. The van der Waals surface area contributed by atoms with Gasteiger partial charge in [-0.25, -0.2) is 27.6 Å². The number of carbonyl (C=O) groups is 1. The van der Waals surface area contributed by atoms with Gasteiger partial charge in [-0.1, -0.05) is 35.1 Å². The number of halogens is 1. The Morgan fingerprint density at radius 2 is 1.95 bits per heavy atom. The molecule has 3 aromatic heterocycles. The molecule has 0 unspecified atom stereocenters. The number of carbonyl (C=O) groups excluding carboxylic acids is 1. The zero-order chi connectivity index (χ0) is 26.5. The summed E-state index contributed by atoms with van der Waals surface area (Å²) in [5, 5.41) is 17.3. The second kappa shape index (κ2) is 9.44. The minimum absolute atomic E-state index is 0.0386. The first-order valence-electron chi connectivity index (χ1n) is 11.6. The van der Waals surface area contributed by atoms with Crippen molar-refractivity contribution in [3.05, 3.63) is 58.5 Å². The summed E-state index contributed by atoms with van der Waals surface area (Å²) in [6.45, 7) is 4.30. The molecule has 1 fully saturated rings. The molecule has 37 heavy (non-hydrogen) atoms. The van der Waals surface area contributed by atoms with Crippen molar-refractivity contribution >= 4 is 49.6 Å². The molecule has 0 spiro atoms. The molecule has 0 radical (unpaired) electrons. The highest BCUT2D eigenvalue weighted by atomic mass is 35.5. The van der Waals surface area contributed by atoms with Crippen molar-refractivity contribution in [3.63, 3.8) is 0 Å². The van der Waals surface area contributed by atoms with Crippen molar-refractivity contribution in [2.45, 2.75) is 49.3 Å². The molecule has 1 saturated carbocycles. The number of thiazole rings is 1. The van der Waals surface area contributed by atoms with Crippen LogP contribution in [-0.4, -0.2) is 51.2 Å². The Morgan fingerprint density at radius 3 is 2.59 bits per heavy atom. The number of anilines is 1. The van der Waals surface area contributed by atoms with Crippen molar-refractivity contribution < 1.29 is 18.3 Å². The SMILES string of the molecule is Cc1nc(NC(=O)c2cnn3c(C4CC4)cc(-c4ccc(Cl)cc4)nc23)sc1S(=O)(=O)NC(C)(C)CO. The molecule has 194 valence electrons. The second-order valence-corrected chi connectivity index (χ2v) is 12.9. The highest BCUT2D eigenvalue weighted by Crippen LogP contribution is 2.41. The van der Waals surface area contributed by atoms with Crippen LogP contribution < -0.4 is 10.0 Å². The number of nitrogens with one attached hydrogen (secondary N) is 2. The summed E-state index contributed by atoms with van der Waals surface area (Å²) in [5.74, 6) is -0.156. The van der Waals surface area contributed by atoms with Crippen molar-refractivity contribution in [1.82, 2.24) is 24.3 Å². The van der Waals surface area contributed by atoms with Gasteiger partial charge in [-0.15, -0.1) is 0 Å². The molecule has 0 aliphatic heterocycles. The van der Waals surface area contributed by atoms with Crippen LogP contribution in [0.25, 0.3) is 16.9 Å². The average Bonchev–Trinajstić information content (AvgIpc) is 3.48. The lowest BCUT2D eigenvalue weighted by Crippen LogP contribution is -2.46. The van der Waals surface area contributed by atoms with E-state index in [0.29, 0.717) is 22.3 Å². The molecule has 3 heterocycles. The monoisotopic (exact) mass is 560 g/mol. The fraction of sp³-hybridized carbons (Fsp3) is 0.333. The maximum atomic E-state index is 13.3. The largest absolute Gasteiger partial charge is 0.394 e. The van der Waals surface area contributed by atoms with Gasteiger partial charge in [0.25, 0.3) is 15.9 Å². The van der Waals surface area contributed by atoms with E-state index in [1.165, 1.54) is 6.20 Å². The average molecular weight is 561 g/mol. The van der Waals surface area contributed by atoms with Crippen LogP contribution in [0.2, 0.25) is 5.02 Å². The normalized spacial score (nSPS) is 14.3. The van der Waals surface area contributed by atoms with Crippen LogP contribution >= 0.6 is 22.9 Å². The molecule has 1 aromatic carbocycles. The fourth-order valence-corrected chi connectivity index (χ4v) is 6.82. The Hall–Kier alpha value is -2.90. The van der Waals surface area contributed by atoms with Crippen LogP contribution in [0.4, 0.5) is 5.13 Å². The summed E-state index contributed by atoms with van der Waals surface area (Å²) in [6, 6.07) is 9.32. The number of aliphatic hydroxyl groups excluding tert-OH is 1. The van der Waals surface area contributed by atoms with Crippen LogP contribution in [0.5, 0.6) is 0 Å². The third-order valence-electron chi connectivity index (χ3n) is 5.90. The Morgan fingerprint density at radius 1 is 1.24 bits per heavy atom. The van der Waals surface area contributed by atoms with Crippen LogP contribution in [-0.2, 0) is 10.0 Å². The van der Waals surface area contributed by atoms with Gasteiger partial charge in [0, 0.05) is 22.2 Å². The third-order valence-corrected chi connectivity index (χ3v) is 9.54. The summed E-state index contributed by atoms with van der Waals surface area (Å²) in [7, 11) is -3.96. The Balaban J connectivity index is 1.48. The number of hydrogen-bond donors (Lipinski definition) is 3. The van der Waals surface area contributed by atoms with Crippen LogP contribution in [0.1, 0.15) is 54.4 Å². The van der Waals surface area contributed by atoms with Gasteiger partial charge < -0.3 is 5.11 Å². The van der Waals surface area contributed by atoms with Gasteiger partial charge in [0.2, 0.25) is 0 Å². The van der Waals surface area contributed by atoms with Gasteiger partial charge in [0.05, 0.1) is 29.7 Å². The lowest BCUT2D eigenvalue weighted by molar-refractivity contribution is 0.102. The lowest BCUT2D eigenvalue weighted by Gasteiger charge is -2.22. The van der Waals surface area contributed by atoms with Gasteiger partial charge in [-0.3, -0.25) is 10.1 Å². The standard InChI is InChI=1S/C24H25ClN6O4S2/c1-13-22(37(34,35)30-24(2,3)12-32)36-23(27-13)29-21(33)17-11-26-31-19(15-4-5-15)10-18(28-20(17)31)14-6-8-16(25)9-7-14/h6-11,15,30,32H,4-5,12H2,1-3H3,(H,27,29,33). The Labute approximate surface area is 222 Å². The molecule has 4 aromatic rings. The zero-order valence-electron chi connectivity index (χ0n) is 20.3. The quantitative estimate of drug-likeness (QED) is 0.296. The van der Waals surface area contributed by atoms with Crippen molar-refractivity contribution in [2.24, 2.45) is 0 Å². The molecule has 10 nitrogen and oxygen atoms in total. The van der Waals surface area contributed by atoms with E-state index in [0.717, 1.165) is 35.4 Å². The summed E-state index contributed by atoms with van der Waals surface area (Å²) < 4.78 is 29.8. The summed E-state index contributed by atoms with van der Waals surface area (Å²) in [4.78, 5) is 22.2. The number of benzene rings is 1. The molecule has 3 N–H and O–H groups in total. The molecule has 0 atom stereocenters. The van der Waals surface area contributed by atoms with Gasteiger partial charge in [-0.05, 0) is 51.8 Å². The maximum absolute atomic E-state index is 13.3. The third kappa shape index (κ3) is 5.25. The number of aryl methyl sites for hydroxylation is 1. The highest BCUT2D eigenvalue weighted by molar-refractivity contribution is 7.91. The van der Waals surface area contributed by atoms with E-state index in [1.807, 2.05) is 18.2 Å². The van der Waals surface area contributed by atoms with E-state index in [4.69, 9.17) is 16.6 Å². The van der Waals surface area contributed by atoms with E-state index in [2.05, 4.69) is 20.1 Å². The lowest BCUT2D eigenvalue weighted by atomic mass is 10.1. The first kappa shape index (κ1) is 25.7. The number of hydrogen-bond acceptors (Lipinski definition) is 8. The van der Waals surface area contributed by atoms with E-state index in [1.54, 1.807) is 37.4 Å². The van der Waals surface area contributed by atoms with E-state index in [9.17, 15) is 18.3 Å². The van der Waals surface area contributed by atoms with E-state index in [-0.39, 0.29) is 27.2 Å². The van der Waals surface area contributed by atoms with E-state index < -0.39 is 21.5 Å². The molecule has 1 aliphatic carbocycles. The number of nitrogens with zero attached hydrogens (tertiary/aromatic N) is 4. The predicted molar refractivity (Wildman–Crippen MR) is 142 cm³/mol. The molecule has 1 aliphatic rings. The Kier molecular flexibility index (Phi) is 6.57. The topological polar surface area (TPSA) is 139 Å². The number of sulfonamides is 1. The predicted octanol–water partition coefficient (Wildman–Crippen LogP) is 3.99. The van der Waals surface area contributed by atoms with Crippen LogP contribution in [0.15, 0.2) is 40.7 Å². The number of rotatable bonds is 8. The molecule has 0 bridgehead atoms. The van der Waals surface area contributed by atoms with Crippen LogP contribution in [0, 0.1) is 6.92 Å². The van der Waals surface area contributed by atoms with Gasteiger partial charge in [0.1, 0.15) is 5.56 Å². The van der Waals surface area contributed by atoms with Crippen molar-refractivity contribution in [1.29, 1.82) is 0 Å². The minimum atomic E-state index is -3.96. The van der Waals surface area contributed by atoms with Crippen LogP contribution in [0.3, 0.4) is 0 Å². The smallest absolute Gasteiger partial charge is 0.262 e. The number of amides is 1. The van der Waals surface area contributed by atoms with Crippen molar-refractivity contribution in [2.75, 3.05) is 11.9 Å². The molecule has 1 amide bonds. The molecular formula is C24H25ClN6O4S2. The fourth-order valence-electron chi connectivity index (χ4n) is 3.88. The molecule has 13 heteroatoms. The van der Waals surface area contributed by atoms with E-state index >= 15 is 0 Å². The van der Waals surface area contributed by atoms with Crippen molar-refractivity contribution in [3.8, 4) is 11.3 Å². The summed E-state index contributed by atoms with van der Waals surface area (Å²) >= 11 is 6.88. The maximum Gasteiger partial charge on any atom is 0.262 e. The summed E-state index contributed by atoms with van der Waals surface area (Å²) in [6.07, 6.45) is 3.54. The van der Waals surface area contributed by atoms with Gasteiger partial charge in [0.15, 0.2) is 15.0 Å². The molecule has 5 rings (SSSR count). The zero-order valence-corrected chi connectivity index (χ0v) is 22.7. The van der Waals surface area contributed by atoms with Gasteiger partial charge >= 0.3 is 0 Å². The first-order chi connectivity index (χ1) is 17.5. The molecule has 0 saturated heterocycles. The number of aliphatic hydroxyl groups is 1. The second-order valence-electron chi connectivity index (χ2n) is 9.63. The van der Waals surface area contributed by atoms with Gasteiger partial charge in [-0.2, -0.15) is 5.10 Å². The Bertz CT molecular complexity index is 1610. The number of fused-ring (bicyclic) bond motifs is 1. The summed E-state index contributed by atoms with van der Waals surface area (Å²) in [5.41, 5.74) is 2.38. The first-order valence-corrected chi connectivity index (χ1v) is 14.2. The minimum Gasteiger partial charge on any atom is -0.394 e. The number of aromatic nitrogens is 4.